The van der Waals surface area contributed by atoms with Gasteiger partial charge in [-0.25, -0.2) is 9.18 Å². The predicted molar refractivity (Wildman–Crippen MR) is 117 cm³/mol. The second-order valence-corrected chi connectivity index (χ2v) is 9.12. The fourth-order valence-corrected chi connectivity index (χ4v) is 3.62. The van der Waals surface area contributed by atoms with Gasteiger partial charge in [0.05, 0.1) is 24.0 Å². The average Bonchev–Trinajstić information content (AvgIpc) is 2.78. The van der Waals surface area contributed by atoms with Crippen molar-refractivity contribution in [1.29, 1.82) is 10.5 Å². The molecule has 2 aliphatic heterocycles. The molecule has 32 heavy (non-hydrogen) atoms. The summed E-state index contributed by atoms with van der Waals surface area (Å²) in [6.07, 6.45) is 3.17. The number of carbonyl (C=O) groups excluding carboxylic acids is 2. The van der Waals surface area contributed by atoms with Gasteiger partial charge in [0.1, 0.15) is 11.4 Å². The molecule has 2 heterocycles. The Hall–Kier alpha value is -3.13. The zero-order chi connectivity index (χ0) is 23.7. The Morgan fingerprint density at radius 2 is 1.47 bits per heavy atom. The molecule has 0 radical (unpaired) electrons. The molecule has 0 saturated carbocycles. The number of nitriles is 2. The van der Waals surface area contributed by atoms with Gasteiger partial charge in [-0.1, -0.05) is 0 Å². The van der Waals surface area contributed by atoms with E-state index in [1.165, 1.54) is 24.3 Å². The van der Waals surface area contributed by atoms with Gasteiger partial charge in [0.25, 0.3) is 5.91 Å². The van der Waals surface area contributed by atoms with Gasteiger partial charge < -0.3 is 14.5 Å². The Kier molecular flexibility index (Phi) is 9.02. The first-order valence-corrected chi connectivity index (χ1v) is 10.9. The Morgan fingerprint density at radius 3 is 1.97 bits per heavy atom. The first-order chi connectivity index (χ1) is 15.1. The van der Waals surface area contributed by atoms with E-state index >= 15 is 0 Å². The molecular weight excluding hydrogens is 411 g/mol. The molecule has 0 aliphatic carbocycles. The highest BCUT2D eigenvalue weighted by molar-refractivity contribution is 5.94. The lowest BCUT2D eigenvalue weighted by molar-refractivity contribution is 0.0189. The third-order valence-electron chi connectivity index (χ3n) is 5.24. The van der Waals surface area contributed by atoms with Crippen molar-refractivity contribution in [3.05, 3.63) is 35.6 Å². The number of likely N-dealkylation sites (tertiary alicyclic amines) is 2. The van der Waals surface area contributed by atoms with E-state index < -0.39 is 5.60 Å². The molecule has 3 rings (SSSR count). The van der Waals surface area contributed by atoms with E-state index in [0.717, 1.165) is 25.7 Å². The second-order valence-electron chi connectivity index (χ2n) is 9.12. The van der Waals surface area contributed by atoms with Gasteiger partial charge >= 0.3 is 6.09 Å². The van der Waals surface area contributed by atoms with Crippen LogP contribution in [0.1, 0.15) is 56.8 Å². The van der Waals surface area contributed by atoms with Crippen molar-refractivity contribution in [2.45, 2.75) is 52.1 Å². The highest BCUT2D eigenvalue weighted by Crippen LogP contribution is 2.19. The van der Waals surface area contributed by atoms with Crippen molar-refractivity contribution in [3.63, 3.8) is 0 Å². The fourth-order valence-electron chi connectivity index (χ4n) is 3.62. The highest BCUT2D eigenvalue weighted by atomic mass is 19.1. The number of carbonyl (C=O) groups is 2. The lowest BCUT2D eigenvalue weighted by Crippen LogP contribution is -2.42. The third kappa shape index (κ3) is 7.85. The van der Waals surface area contributed by atoms with Crippen molar-refractivity contribution in [2.24, 2.45) is 11.8 Å². The van der Waals surface area contributed by atoms with Crippen LogP contribution in [0.5, 0.6) is 0 Å². The van der Waals surface area contributed by atoms with E-state index in [0.29, 0.717) is 31.7 Å². The molecule has 0 aromatic heterocycles. The summed E-state index contributed by atoms with van der Waals surface area (Å²) in [5.41, 5.74) is 0.0152. The molecule has 1 aromatic carbocycles. The lowest BCUT2D eigenvalue weighted by Gasteiger charge is -2.31. The van der Waals surface area contributed by atoms with Gasteiger partial charge in [-0.15, -0.1) is 0 Å². The Bertz CT molecular complexity index is 867. The summed E-state index contributed by atoms with van der Waals surface area (Å²) in [6.45, 7) is 7.89. The van der Waals surface area contributed by atoms with Crippen LogP contribution < -0.4 is 0 Å². The summed E-state index contributed by atoms with van der Waals surface area (Å²) < 4.78 is 18.0. The van der Waals surface area contributed by atoms with Crippen LogP contribution >= 0.6 is 0 Å². The molecule has 1 aromatic rings. The van der Waals surface area contributed by atoms with E-state index in [9.17, 15) is 14.0 Å². The largest absolute Gasteiger partial charge is 0.444 e. The topological polar surface area (TPSA) is 97.4 Å². The number of amides is 2. The Morgan fingerprint density at radius 1 is 0.969 bits per heavy atom. The zero-order valence-corrected chi connectivity index (χ0v) is 19.0. The number of nitrogens with zero attached hydrogens (tertiary/aromatic N) is 4. The number of ether oxygens (including phenoxy) is 1. The van der Waals surface area contributed by atoms with Crippen molar-refractivity contribution in [2.75, 3.05) is 26.2 Å². The molecule has 0 spiro atoms. The van der Waals surface area contributed by atoms with Gasteiger partial charge in [-0.3, -0.25) is 4.79 Å². The number of halogens is 1. The van der Waals surface area contributed by atoms with E-state index in [1.807, 2.05) is 20.8 Å². The minimum atomic E-state index is -0.462. The van der Waals surface area contributed by atoms with Crippen molar-refractivity contribution in [1.82, 2.24) is 9.80 Å². The molecule has 7 nitrogen and oxygen atoms in total. The molecule has 2 fully saturated rings. The highest BCUT2D eigenvalue weighted by Gasteiger charge is 2.27. The Labute approximate surface area is 189 Å². The zero-order valence-electron chi connectivity index (χ0n) is 19.0. The van der Waals surface area contributed by atoms with Crippen LogP contribution in [-0.2, 0) is 4.74 Å². The van der Waals surface area contributed by atoms with Crippen LogP contribution in [0.3, 0.4) is 0 Å². The molecule has 0 unspecified atom stereocenters. The third-order valence-corrected chi connectivity index (χ3v) is 5.24. The normalized spacial score (nSPS) is 20.8. The fraction of sp³-hybridized carbons (Fsp3) is 0.583. The van der Waals surface area contributed by atoms with E-state index in [1.54, 1.807) is 9.80 Å². The first kappa shape index (κ1) is 25.1. The molecule has 0 bridgehead atoms. The molecule has 2 atom stereocenters. The summed E-state index contributed by atoms with van der Waals surface area (Å²) in [5.74, 6) is -0.584. The SMILES string of the molecule is CC(C)(C)OC(=O)N1CCC[C@H](C#N)C1.N#C[C@H]1CCCN(C(=O)c2ccc(F)cc2)C1. The second kappa shape index (κ2) is 11.5. The summed E-state index contributed by atoms with van der Waals surface area (Å²) in [7, 11) is 0. The van der Waals surface area contributed by atoms with Crippen molar-refractivity contribution >= 4 is 12.0 Å². The van der Waals surface area contributed by atoms with Crippen molar-refractivity contribution < 1.29 is 18.7 Å². The van der Waals surface area contributed by atoms with Gasteiger partial charge in [-0.05, 0) is 70.7 Å². The summed E-state index contributed by atoms with van der Waals surface area (Å²) in [4.78, 5) is 27.0. The number of hydrogen-bond acceptors (Lipinski definition) is 5. The van der Waals surface area contributed by atoms with Crippen molar-refractivity contribution in [3.8, 4) is 12.1 Å². The molecule has 0 N–H and O–H groups in total. The average molecular weight is 443 g/mol. The first-order valence-electron chi connectivity index (χ1n) is 10.9. The molecule has 2 aliphatic rings. The smallest absolute Gasteiger partial charge is 0.410 e. The number of piperidine rings is 2. The van der Waals surface area contributed by atoms with E-state index in [-0.39, 0.29) is 29.7 Å². The lowest BCUT2D eigenvalue weighted by atomic mass is 9.99. The molecule has 2 saturated heterocycles. The molecule has 172 valence electrons. The summed E-state index contributed by atoms with van der Waals surface area (Å²) in [6, 6.07) is 9.91. The number of benzene rings is 1. The molecule has 8 heteroatoms. The summed E-state index contributed by atoms with van der Waals surface area (Å²) >= 11 is 0. The van der Waals surface area contributed by atoms with Crippen LogP contribution in [0.15, 0.2) is 24.3 Å². The van der Waals surface area contributed by atoms with Gasteiger partial charge in [0.15, 0.2) is 0 Å². The van der Waals surface area contributed by atoms with E-state index in [2.05, 4.69) is 12.1 Å². The maximum atomic E-state index is 12.7. The maximum absolute atomic E-state index is 12.7. The number of hydrogen-bond donors (Lipinski definition) is 0. The van der Waals surface area contributed by atoms with Gasteiger partial charge in [0.2, 0.25) is 0 Å². The van der Waals surface area contributed by atoms with Crippen LogP contribution in [0.25, 0.3) is 0 Å². The van der Waals surface area contributed by atoms with Crippen LogP contribution in [0, 0.1) is 40.3 Å². The van der Waals surface area contributed by atoms with E-state index in [4.69, 9.17) is 15.3 Å². The Balaban J connectivity index is 0.000000229. The number of rotatable bonds is 1. The minimum absolute atomic E-state index is 0.0359. The molecule has 2 amide bonds. The monoisotopic (exact) mass is 442 g/mol. The minimum Gasteiger partial charge on any atom is -0.444 e. The van der Waals surface area contributed by atoms with Crippen LogP contribution in [-0.4, -0.2) is 53.6 Å². The predicted octanol–water partition coefficient (Wildman–Crippen LogP) is 4.36. The van der Waals surface area contributed by atoms with Crippen LogP contribution in [0.2, 0.25) is 0 Å². The summed E-state index contributed by atoms with van der Waals surface area (Å²) in [5, 5.41) is 17.7. The standard InChI is InChI=1S/C13H13FN2O.C11H18N2O2/c14-12-5-3-11(4-6-12)13(17)16-7-1-2-10(8-15)9-16;1-11(2,3)15-10(14)13-6-4-5-9(7-12)8-13/h3-6,10H,1-2,7,9H2;9H,4-6,8H2,1-3H3/t10-;9-/m11/s1. The van der Waals surface area contributed by atoms with Gasteiger partial charge in [0, 0.05) is 31.7 Å². The quantitative estimate of drug-likeness (QED) is 0.644. The molecular formula is C24H31FN4O3. The maximum Gasteiger partial charge on any atom is 0.410 e. The van der Waals surface area contributed by atoms with Crippen LogP contribution in [0.4, 0.5) is 9.18 Å². The van der Waals surface area contributed by atoms with Gasteiger partial charge in [-0.2, -0.15) is 10.5 Å².